The summed E-state index contributed by atoms with van der Waals surface area (Å²) < 4.78 is 31.0. The Morgan fingerprint density at radius 1 is 1.15 bits per heavy atom. The number of fused-ring (bicyclic) bond motifs is 2. The molecule has 3 aromatic carbocycles. The molecule has 3 heterocycles. The van der Waals surface area contributed by atoms with Gasteiger partial charge in [0.25, 0.3) is 0 Å². The van der Waals surface area contributed by atoms with Crippen molar-refractivity contribution in [3.05, 3.63) is 83.9 Å². The van der Waals surface area contributed by atoms with Crippen LogP contribution in [0.4, 0.5) is 4.39 Å². The van der Waals surface area contributed by atoms with Crippen molar-refractivity contribution in [3.63, 3.8) is 0 Å². The zero-order valence-corrected chi connectivity index (χ0v) is 21.5. The predicted octanol–water partition coefficient (Wildman–Crippen LogP) is 6.36. The van der Waals surface area contributed by atoms with Crippen molar-refractivity contribution >= 4 is 33.7 Å². The van der Waals surface area contributed by atoms with Gasteiger partial charge in [-0.1, -0.05) is 6.07 Å². The fourth-order valence-corrected chi connectivity index (χ4v) is 5.26. The van der Waals surface area contributed by atoms with Gasteiger partial charge in [0.05, 0.1) is 24.6 Å². The molecular formula is C30H28FN5O3. The van der Waals surface area contributed by atoms with E-state index in [0.717, 1.165) is 52.5 Å². The summed E-state index contributed by atoms with van der Waals surface area (Å²) in [6, 6.07) is 18.1. The highest BCUT2D eigenvalue weighted by Gasteiger charge is 2.27. The molecule has 198 valence electrons. The first-order chi connectivity index (χ1) is 19.0. The standard InChI is InChI=1S/C30H28FN5O3/c1-37-27-6-2-5-24(31)23(27)17-36-12-3-4-21(16-36)30(33)39-29(32)20-7-9-25-22(15-20)28(35-34-25)19-8-10-26-18(14-19)11-13-38-26/h2,5-11,13-15,21,32-33H,3-4,12,16-17H2,1H3,(H,34,35). The van der Waals surface area contributed by atoms with Crippen molar-refractivity contribution in [2.24, 2.45) is 5.92 Å². The Morgan fingerprint density at radius 3 is 2.92 bits per heavy atom. The number of furan rings is 1. The maximum Gasteiger partial charge on any atom is 0.220 e. The van der Waals surface area contributed by atoms with Crippen LogP contribution in [0.15, 0.2) is 71.3 Å². The molecule has 0 radical (unpaired) electrons. The van der Waals surface area contributed by atoms with E-state index in [1.807, 2.05) is 36.4 Å². The number of ether oxygens (including phenoxy) is 2. The van der Waals surface area contributed by atoms with Gasteiger partial charge in [-0.05, 0) is 74.0 Å². The molecule has 6 rings (SSSR count). The van der Waals surface area contributed by atoms with Gasteiger partial charge in [0.15, 0.2) is 5.90 Å². The molecule has 8 nitrogen and oxygen atoms in total. The van der Waals surface area contributed by atoms with E-state index in [9.17, 15) is 4.39 Å². The summed E-state index contributed by atoms with van der Waals surface area (Å²) in [4.78, 5) is 2.11. The first-order valence-corrected chi connectivity index (χ1v) is 12.8. The lowest BCUT2D eigenvalue weighted by Crippen LogP contribution is -2.39. The highest BCUT2D eigenvalue weighted by Crippen LogP contribution is 2.31. The van der Waals surface area contributed by atoms with E-state index in [4.69, 9.17) is 24.7 Å². The smallest absolute Gasteiger partial charge is 0.220 e. The van der Waals surface area contributed by atoms with E-state index in [2.05, 4.69) is 15.1 Å². The quantitative estimate of drug-likeness (QED) is 0.177. The molecule has 1 aliphatic heterocycles. The Balaban J connectivity index is 1.16. The number of nitrogens with one attached hydrogen (secondary N) is 3. The van der Waals surface area contributed by atoms with Crippen LogP contribution in [0, 0.1) is 22.6 Å². The van der Waals surface area contributed by atoms with Crippen LogP contribution in [0.1, 0.15) is 24.0 Å². The number of methoxy groups -OCH3 is 1. The second-order valence-corrected chi connectivity index (χ2v) is 9.80. The van der Waals surface area contributed by atoms with Crippen LogP contribution in [-0.4, -0.2) is 47.1 Å². The molecule has 1 saturated heterocycles. The molecule has 9 heteroatoms. The minimum atomic E-state index is -0.303. The first kappa shape index (κ1) is 24.8. The molecule has 39 heavy (non-hydrogen) atoms. The number of likely N-dealkylation sites (tertiary alicyclic amines) is 1. The molecule has 0 saturated carbocycles. The molecule has 0 aliphatic carbocycles. The summed E-state index contributed by atoms with van der Waals surface area (Å²) in [6.07, 6.45) is 3.29. The average Bonchev–Trinajstić information content (AvgIpc) is 3.60. The highest BCUT2D eigenvalue weighted by atomic mass is 19.1. The summed E-state index contributed by atoms with van der Waals surface area (Å²) >= 11 is 0. The van der Waals surface area contributed by atoms with Gasteiger partial charge < -0.3 is 13.9 Å². The fraction of sp³-hybridized carbons (Fsp3) is 0.233. The number of rotatable bonds is 6. The molecule has 0 bridgehead atoms. The van der Waals surface area contributed by atoms with Crippen LogP contribution in [0.5, 0.6) is 5.75 Å². The maximum absolute atomic E-state index is 14.5. The molecule has 1 atom stereocenters. The molecule has 1 aliphatic rings. The van der Waals surface area contributed by atoms with E-state index in [0.29, 0.717) is 30.0 Å². The van der Waals surface area contributed by atoms with Crippen LogP contribution < -0.4 is 4.74 Å². The molecule has 2 aromatic heterocycles. The summed E-state index contributed by atoms with van der Waals surface area (Å²) in [6.45, 7) is 1.73. The van der Waals surface area contributed by atoms with Crippen molar-refractivity contribution in [1.82, 2.24) is 15.1 Å². The van der Waals surface area contributed by atoms with Gasteiger partial charge in [-0.25, -0.2) is 4.39 Å². The molecule has 1 unspecified atom stereocenters. The Morgan fingerprint density at radius 2 is 2.05 bits per heavy atom. The number of hydrogen-bond acceptors (Lipinski definition) is 7. The van der Waals surface area contributed by atoms with Crippen LogP contribution >= 0.6 is 0 Å². The third-order valence-electron chi connectivity index (χ3n) is 7.32. The van der Waals surface area contributed by atoms with Gasteiger partial charge in [-0.15, -0.1) is 0 Å². The summed E-state index contributed by atoms with van der Waals surface area (Å²) in [5.74, 6) is -0.0191. The lowest BCUT2D eigenvalue weighted by Gasteiger charge is -2.32. The van der Waals surface area contributed by atoms with Crippen LogP contribution in [-0.2, 0) is 11.3 Å². The minimum absolute atomic E-state index is 0.0446. The molecule has 1 fully saturated rings. The lowest BCUT2D eigenvalue weighted by atomic mass is 9.97. The summed E-state index contributed by atoms with van der Waals surface area (Å²) in [7, 11) is 1.54. The number of H-pyrrole nitrogens is 1. The maximum atomic E-state index is 14.5. The lowest BCUT2D eigenvalue weighted by molar-refractivity contribution is 0.183. The Labute approximate surface area is 224 Å². The van der Waals surface area contributed by atoms with E-state index in [-0.39, 0.29) is 23.5 Å². The van der Waals surface area contributed by atoms with Crippen molar-refractivity contribution in [3.8, 4) is 17.0 Å². The van der Waals surface area contributed by atoms with Crippen LogP contribution in [0.25, 0.3) is 33.1 Å². The Bertz CT molecular complexity index is 1690. The fourth-order valence-electron chi connectivity index (χ4n) is 5.26. The third kappa shape index (κ3) is 4.88. The summed E-state index contributed by atoms with van der Waals surface area (Å²) in [5.41, 5.74) is 4.42. The normalized spacial score (nSPS) is 16.0. The summed E-state index contributed by atoms with van der Waals surface area (Å²) in [5, 5.41) is 26.6. The Hall–Kier alpha value is -4.50. The number of aromatic amines is 1. The second-order valence-electron chi connectivity index (χ2n) is 9.80. The molecule has 3 N–H and O–H groups in total. The third-order valence-corrected chi connectivity index (χ3v) is 7.32. The van der Waals surface area contributed by atoms with Crippen LogP contribution in [0.2, 0.25) is 0 Å². The average molecular weight is 526 g/mol. The number of piperidine rings is 1. The Kier molecular flexibility index (Phi) is 6.58. The zero-order valence-electron chi connectivity index (χ0n) is 21.5. The van der Waals surface area contributed by atoms with Gasteiger partial charge in [0.2, 0.25) is 5.90 Å². The topological polar surface area (TPSA) is 111 Å². The van der Waals surface area contributed by atoms with Crippen molar-refractivity contribution in [2.45, 2.75) is 19.4 Å². The molecule has 5 aromatic rings. The van der Waals surface area contributed by atoms with Gasteiger partial charge >= 0.3 is 0 Å². The van der Waals surface area contributed by atoms with Gasteiger partial charge in [0.1, 0.15) is 17.1 Å². The van der Waals surface area contributed by atoms with Gasteiger partial charge in [-0.3, -0.25) is 20.8 Å². The first-order valence-electron chi connectivity index (χ1n) is 12.8. The number of benzene rings is 3. The largest absolute Gasteiger partial charge is 0.496 e. The molecule has 0 spiro atoms. The molecule has 0 amide bonds. The number of hydrogen-bond donors (Lipinski definition) is 3. The predicted molar refractivity (Wildman–Crippen MR) is 148 cm³/mol. The monoisotopic (exact) mass is 525 g/mol. The van der Waals surface area contributed by atoms with Crippen molar-refractivity contribution in [1.29, 1.82) is 10.8 Å². The van der Waals surface area contributed by atoms with E-state index in [1.165, 1.54) is 13.2 Å². The highest BCUT2D eigenvalue weighted by molar-refractivity contribution is 6.04. The van der Waals surface area contributed by atoms with Gasteiger partial charge in [-0.2, -0.15) is 5.10 Å². The second kappa shape index (κ2) is 10.3. The van der Waals surface area contributed by atoms with Crippen molar-refractivity contribution in [2.75, 3.05) is 20.2 Å². The van der Waals surface area contributed by atoms with E-state index in [1.54, 1.807) is 24.5 Å². The zero-order chi connectivity index (χ0) is 26.9. The number of aromatic nitrogens is 2. The molecular weight excluding hydrogens is 497 g/mol. The van der Waals surface area contributed by atoms with Crippen molar-refractivity contribution < 1.29 is 18.3 Å². The van der Waals surface area contributed by atoms with E-state index < -0.39 is 0 Å². The van der Waals surface area contributed by atoms with E-state index >= 15 is 0 Å². The SMILES string of the molecule is COc1cccc(F)c1CN1CCCC(C(=N)OC(=N)c2ccc3[nH]nc(-c4ccc5occc5c4)c3c2)C1. The number of nitrogens with zero attached hydrogens (tertiary/aromatic N) is 2. The van der Waals surface area contributed by atoms with Gasteiger partial charge in [0, 0.05) is 46.5 Å². The number of halogens is 1. The minimum Gasteiger partial charge on any atom is -0.496 e. The van der Waals surface area contributed by atoms with Crippen LogP contribution in [0.3, 0.4) is 0 Å².